The fraction of sp³-hybridized carbons (Fsp3) is 0.667. The third kappa shape index (κ3) is 4.00. The molecule has 1 fully saturated rings. The summed E-state index contributed by atoms with van der Waals surface area (Å²) in [5.41, 5.74) is 3.31. The molecule has 4 heteroatoms. The quantitative estimate of drug-likeness (QED) is 0.891. The monoisotopic (exact) mass is 344 g/mol. The van der Waals surface area contributed by atoms with Gasteiger partial charge < -0.3 is 15.0 Å². The molecule has 1 spiro atoms. The van der Waals surface area contributed by atoms with Gasteiger partial charge in [-0.2, -0.15) is 0 Å². The first-order valence-corrected chi connectivity index (χ1v) is 9.49. The maximum Gasteiger partial charge on any atom is 0.407 e. The molecular weight excluding hydrogens is 312 g/mol. The summed E-state index contributed by atoms with van der Waals surface area (Å²) in [5, 5.41) is 3.04. The van der Waals surface area contributed by atoms with Gasteiger partial charge in [0.2, 0.25) is 0 Å². The van der Waals surface area contributed by atoms with Crippen LogP contribution in [0.1, 0.15) is 63.6 Å². The molecule has 2 aliphatic rings. The molecule has 138 valence electrons. The molecule has 25 heavy (non-hydrogen) atoms. The fourth-order valence-electron chi connectivity index (χ4n) is 4.40. The second kappa shape index (κ2) is 6.99. The minimum atomic E-state index is -0.334. The van der Waals surface area contributed by atoms with Gasteiger partial charge in [0, 0.05) is 5.41 Å². The lowest BCUT2D eigenvalue weighted by atomic mass is 9.73. The van der Waals surface area contributed by atoms with Crippen LogP contribution in [0, 0.1) is 5.41 Å². The highest BCUT2D eigenvalue weighted by Gasteiger charge is 2.45. The molecule has 1 N–H and O–H groups in total. The van der Waals surface area contributed by atoms with Crippen LogP contribution < -0.4 is 5.32 Å². The summed E-state index contributed by atoms with van der Waals surface area (Å²) in [6.07, 6.45) is 4.25. The molecule has 1 atom stereocenters. The molecule has 1 aliphatic carbocycles. The molecule has 1 aliphatic heterocycles. The highest BCUT2D eigenvalue weighted by Crippen LogP contribution is 2.50. The summed E-state index contributed by atoms with van der Waals surface area (Å²) in [6, 6.07) is 8.70. The number of piperidine rings is 1. The van der Waals surface area contributed by atoms with E-state index in [1.807, 2.05) is 0 Å². The van der Waals surface area contributed by atoms with Crippen LogP contribution in [0.2, 0.25) is 0 Å². The third-order valence-electron chi connectivity index (χ3n) is 5.97. The van der Waals surface area contributed by atoms with Crippen LogP contribution in [-0.2, 0) is 10.2 Å². The normalized spacial score (nSPS) is 22.6. The van der Waals surface area contributed by atoms with Gasteiger partial charge in [-0.1, -0.05) is 45.0 Å². The number of hydrogen-bond acceptors (Lipinski definition) is 3. The molecule has 0 unspecified atom stereocenters. The lowest BCUT2D eigenvalue weighted by molar-refractivity contribution is 0.135. The minimum absolute atomic E-state index is 0.0739. The lowest BCUT2D eigenvalue weighted by Gasteiger charge is -2.41. The van der Waals surface area contributed by atoms with Gasteiger partial charge in [-0.25, -0.2) is 4.79 Å². The lowest BCUT2D eigenvalue weighted by Crippen LogP contribution is -2.43. The molecule has 1 aromatic carbocycles. The number of amides is 1. The van der Waals surface area contributed by atoms with E-state index in [2.05, 4.69) is 55.3 Å². The summed E-state index contributed by atoms with van der Waals surface area (Å²) < 4.78 is 4.83. The van der Waals surface area contributed by atoms with E-state index in [-0.39, 0.29) is 17.6 Å². The summed E-state index contributed by atoms with van der Waals surface area (Å²) in [7, 11) is 1.43. The van der Waals surface area contributed by atoms with Crippen molar-refractivity contribution in [1.29, 1.82) is 0 Å². The van der Waals surface area contributed by atoms with Gasteiger partial charge in [0.1, 0.15) is 0 Å². The van der Waals surface area contributed by atoms with E-state index in [0.717, 1.165) is 19.5 Å². The predicted molar refractivity (Wildman–Crippen MR) is 101 cm³/mol. The van der Waals surface area contributed by atoms with Crippen LogP contribution in [0.4, 0.5) is 4.79 Å². The van der Waals surface area contributed by atoms with E-state index in [4.69, 9.17) is 4.74 Å². The predicted octanol–water partition coefficient (Wildman–Crippen LogP) is 4.26. The maximum atomic E-state index is 11.7. The summed E-state index contributed by atoms with van der Waals surface area (Å²) in [5.74, 6) is 0. The van der Waals surface area contributed by atoms with Crippen molar-refractivity contribution in [2.45, 2.75) is 57.9 Å². The number of hydrogen-bond donors (Lipinski definition) is 1. The Morgan fingerprint density at radius 3 is 2.60 bits per heavy atom. The average molecular weight is 344 g/mol. The van der Waals surface area contributed by atoms with Crippen molar-refractivity contribution in [3.05, 3.63) is 35.4 Å². The van der Waals surface area contributed by atoms with Crippen LogP contribution in [0.3, 0.4) is 0 Å². The fourth-order valence-corrected chi connectivity index (χ4v) is 4.40. The Bertz CT molecular complexity index is 613. The van der Waals surface area contributed by atoms with Crippen LogP contribution in [-0.4, -0.2) is 37.7 Å². The molecule has 4 nitrogen and oxygen atoms in total. The minimum Gasteiger partial charge on any atom is -0.453 e. The van der Waals surface area contributed by atoms with Crippen LogP contribution in [0.5, 0.6) is 0 Å². The molecule has 0 radical (unpaired) electrons. The molecule has 0 bridgehead atoms. The molecule has 1 saturated heterocycles. The first kappa shape index (κ1) is 18.2. The first-order valence-electron chi connectivity index (χ1n) is 9.49. The van der Waals surface area contributed by atoms with Gasteiger partial charge in [0.05, 0.1) is 13.2 Å². The Morgan fingerprint density at radius 2 is 1.96 bits per heavy atom. The second-order valence-corrected chi connectivity index (χ2v) is 8.91. The molecule has 0 aromatic heterocycles. The first-order chi connectivity index (χ1) is 11.8. The van der Waals surface area contributed by atoms with Crippen LogP contribution in [0.25, 0.3) is 0 Å². The van der Waals surface area contributed by atoms with E-state index in [1.54, 1.807) is 0 Å². The van der Waals surface area contributed by atoms with Gasteiger partial charge >= 0.3 is 6.09 Å². The highest BCUT2D eigenvalue weighted by atomic mass is 16.5. The van der Waals surface area contributed by atoms with Gasteiger partial charge in [0.25, 0.3) is 0 Å². The largest absolute Gasteiger partial charge is 0.453 e. The zero-order valence-corrected chi connectivity index (χ0v) is 16.1. The molecule has 1 amide bonds. The van der Waals surface area contributed by atoms with Crippen LogP contribution >= 0.6 is 0 Å². The molecule has 1 aromatic rings. The Balaban J connectivity index is 1.70. The number of fused-ring (bicyclic) bond motifs is 2. The summed E-state index contributed by atoms with van der Waals surface area (Å²) in [4.78, 5) is 14.3. The van der Waals surface area contributed by atoms with Crippen molar-refractivity contribution in [2.24, 2.45) is 5.41 Å². The maximum absolute atomic E-state index is 11.7. The standard InChI is InChI=1S/C21H32N2O2/c1-20(2,3)9-12-23-13-10-21(11-14-23)15-18(22-19(24)25-4)16-7-5-6-8-17(16)21/h5-8,18H,9-15H2,1-4H3,(H,22,24)/t18-/m0/s1. The Kier molecular flexibility index (Phi) is 5.10. The van der Waals surface area contributed by atoms with Crippen molar-refractivity contribution in [2.75, 3.05) is 26.7 Å². The molecule has 3 rings (SSSR count). The number of benzene rings is 1. The van der Waals surface area contributed by atoms with E-state index in [1.165, 1.54) is 44.0 Å². The van der Waals surface area contributed by atoms with Crippen molar-refractivity contribution in [1.82, 2.24) is 10.2 Å². The van der Waals surface area contributed by atoms with Crippen molar-refractivity contribution >= 4 is 6.09 Å². The van der Waals surface area contributed by atoms with Crippen molar-refractivity contribution in [3.8, 4) is 0 Å². The number of carbonyl (C=O) groups is 1. The number of likely N-dealkylation sites (tertiary alicyclic amines) is 1. The van der Waals surface area contributed by atoms with Crippen LogP contribution in [0.15, 0.2) is 24.3 Å². The average Bonchev–Trinajstić information content (AvgIpc) is 2.88. The van der Waals surface area contributed by atoms with Gasteiger partial charge in [-0.3, -0.25) is 0 Å². The smallest absolute Gasteiger partial charge is 0.407 e. The van der Waals surface area contributed by atoms with Gasteiger partial charge in [-0.05, 0) is 61.9 Å². The van der Waals surface area contributed by atoms with Gasteiger partial charge in [-0.15, -0.1) is 0 Å². The summed E-state index contributed by atoms with van der Waals surface area (Å²) in [6.45, 7) is 10.4. The number of rotatable bonds is 3. The number of ether oxygens (including phenoxy) is 1. The van der Waals surface area contributed by atoms with Gasteiger partial charge in [0.15, 0.2) is 0 Å². The molecule has 0 saturated carbocycles. The Labute approximate surface area is 151 Å². The van der Waals surface area contributed by atoms with E-state index in [9.17, 15) is 4.79 Å². The summed E-state index contributed by atoms with van der Waals surface area (Å²) >= 11 is 0. The Morgan fingerprint density at radius 1 is 1.28 bits per heavy atom. The van der Waals surface area contributed by atoms with Crippen molar-refractivity contribution < 1.29 is 9.53 Å². The number of nitrogens with zero attached hydrogens (tertiary/aromatic N) is 1. The highest BCUT2D eigenvalue weighted by molar-refractivity contribution is 5.68. The number of alkyl carbamates (subject to hydrolysis) is 1. The topological polar surface area (TPSA) is 41.6 Å². The van der Waals surface area contributed by atoms with E-state index in [0.29, 0.717) is 5.41 Å². The zero-order chi connectivity index (χ0) is 18.1. The molecular formula is C21H32N2O2. The molecule has 1 heterocycles. The van der Waals surface area contributed by atoms with E-state index < -0.39 is 0 Å². The number of methoxy groups -OCH3 is 1. The SMILES string of the molecule is COC(=O)N[C@H]1CC2(CCN(CCC(C)(C)C)CC2)c2ccccc21. The number of carbonyl (C=O) groups excluding carboxylic acids is 1. The second-order valence-electron chi connectivity index (χ2n) is 8.91. The Hall–Kier alpha value is -1.55. The third-order valence-corrected chi connectivity index (χ3v) is 5.97. The zero-order valence-electron chi connectivity index (χ0n) is 16.1. The van der Waals surface area contributed by atoms with Crippen molar-refractivity contribution in [3.63, 3.8) is 0 Å². The number of nitrogens with one attached hydrogen (secondary N) is 1. The van der Waals surface area contributed by atoms with E-state index >= 15 is 0 Å².